The molecule has 1 aliphatic heterocycles. The standard InChI is InChI=1S/C25H27ClN2O3S/c26-21-6-5-20(24(29)27-25-13-16-9-17(14-25)11-18(10-16)15-25)12-23(21)32(30,31)28-8-7-19-3-1-2-4-22(19)28/h1-6,12,16-18H,7-11,13-15H2,(H,27,29). The first-order valence-electron chi connectivity index (χ1n) is 11.6. The Bertz CT molecular complexity index is 1170. The van der Waals surface area contributed by atoms with Crippen LogP contribution >= 0.6 is 11.6 Å². The second kappa shape index (κ2) is 7.22. The van der Waals surface area contributed by atoms with E-state index in [1.807, 2.05) is 24.3 Å². The van der Waals surface area contributed by atoms with E-state index >= 15 is 0 Å². The number of nitrogens with zero attached hydrogens (tertiary/aromatic N) is 1. The average Bonchev–Trinajstić information content (AvgIpc) is 3.17. The fourth-order valence-corrected chi connectivity index (χ4v) is 9.10. The molecule has 7 heteroatoms. The summed E-state index contributed by atoms with van der Waals surface area (Å²) in [7, 11) is -3.87. The summed E-state index contributed by atoms with van der Waals surface area (Å²) in [6, 6.07) is 12.1. The maximum atomic E-state index is 13.5. The molecule has 1 heterocycles. The first-order valence-corrected chi connectivity index (χ1v) is 13.4. The third-order valence-electron chi connectivity index (χ3n) is 8.02. The number of carbonyl (C=O) groups excluding carboxylic acids is 1. The predicted molar refractivity (Wildman–Crippen MR) is 124 cm³/mol. The smallest absolute Gasteiger partial charge is 0.265 e. The van der Waals surface area contributed by atoms with Gasteiger partial charge in [0.05, 0.1) is 10.7 Å². The SMILES string of the molecule is O=C(NC12CC3CC(CC(C3)C1)C2)c1ccc(Cl)c(S(=O)(=O)N2CCc3ccccc32)c1. The van der Waals surface area contributed by atoms with Crippen LogP contribution in [0.3, 0.4) is 0 Å². The van der Waals surface area contributed by atoms with Crippen molar-refractivity contribution in [1.29, 1.82) is 0 Å². The van der Waals surface area contributed by atoms with E-state index in [9.17, 15) is 13.2 Å². The monoisotopic (exact) mass is 470 g/mol. The number of carbonyl (C=O) groups is 1. The Labute approximate surface area is 194 Å². The van der Waals surface area contributed by atoms with Crippen LogP contribution in [0.25, 0.3) is 0 Å². The summed E-state index contributed by atoms with van der Waals surface area (Å²) in [5, 5.41) is 3.47. The van der Waals surface area contributed by atoms with Crippen LogP contribution in [0.5, 0.6) is 0 Å². The Hall–Kier alpha value is -2.05. The quantitative estimate of drug-likeness (QED) is 0.698. The number of amides is 1. The summed E-state index contributed by atoms with van der Waals surface area (Å²) in [4.78, 5) is 13.3. The molecule has 0 spiro atoms. The van der Waals surface area contributed by atoms with Crippen molar-refractivity contribution in [3.8, 4) is 0 Å². The Morgan fingerprint density at radius 2 is 1.66 bits per heavy atom. The summed E-state index contributed by atoms with van der Waals surface area (Å²) in [5.74, 6) is 1.97. The van der Waals surface area contributed by atoms with Gasteiger partial charge in [0.25, 0.3) is 15.9 Å². The first-order chi connectivity index (χ1) is 15.3. The van der Waals surface area contributed by atoms with Crippen molar-refractivity contribution in [3.63, 3.8) is 0 Å². The summed E-state index contributed by atoms with van der Waals surface area (Å²) < 4.78 is 28.4. The minimum absolute atomic E-state index is 0.00553. The highest BCUT2D eigenvalue weighted by Crippen LogP contribution is 2.55. The average molecular weight is 471 g/mol. The van der Waals surface area contributed by atoms with E-state index in [-0.39, 0.29) is 21.4 Å². The highest BCUT2D eigenvalue weighted by Gasteiger charge is 2.51. The number of hydrogen-bond acceptors (Lipinski definition) is 3. The molecule has 5 nitrogen and oxygen atoms in total. The molecule has 1 N–H and O–H groups in total. The van der Waals surface area contributed by atoms with Crippen molar-refractivity contribution in [2.75, 3.05) is 10.8 Å². The van der Waals surface area contributed by atoms with E-state index in [0.717, 1.165) is 42.6 Å². The molecule has 2 aromatic rings. The predicted octanol–water partition coefficient (Wildman–Crippen LogP) is 4.79. The van der Waals surface area contributed by atoms with Gasteiger partial charge in [-0.25, -0.2) is 8.42 Å². The lowest BCUT2D eigenvalue weighted by atomic mass is 9.53. The molecular weight excluding hydrogens is 444 g/mol. The van der Waals surface area contributed by atoms with Crippen molar-refractivity contribution < 1.29 is 13.2 Å². The normalized spacial score (nSPS) is 30.4. The van der Waals surface area contributed by atoms with Gasteiger partial charge < -0.3 is 5.32 Å². The Morgan fingerprint density at radius 1 is 1.00 bits per heavy atom. The van der Waals surface area contributed by atoms with Crippen LogP contribution in [0.2, 0.25) is 5.02 Å². The molecule has 0 radical (unpaired) electrons. The molecule has 0 unspecified atom stereocenters. The van der Waals surface area contributed by atoms with E-state index in [4.69, 9.17) is 11.6 Å². The second-order valence-electron chi connectivity index (χ2n) is 10.3. The number of sulfonamides is 1. The summed E-state index contributed by atoms with van der Waals surface area (Å²) >= 11 is 6.35. The molecule has 5 aliphatic rings. The molecular formula is C25H27ClN2O3S. The molecule has 0 atom stereocenters. The van der Waals surface area contributed by atoms with E-state index in [1.54, 1.807) is 6.07 Å². The van der Waals surface area contributed by atoms with Crippen LogP contribution in [-0.2, 0) is 16.4 Å². The van der Waals surface area contributed by atoms with Gasteiger partial charge in [0.15, 0.2) is 0 Å². The summed E-state index contributed by atoms with van der Waals surface area (Å²) in [5.41, 5.74) is 1.92. The Balaban J connectivity index is 1.29. The van der Waals surface area contributed by atoms with E-state index in [2.05, 4.69) is 5.32 Å². The lowest BCUT2D eigenvalue weighted by Gasteiger charge is -2.56. The molecule has 2 aromatic carbocycles. The van der Waals surface area contributed by atoms with Gasteiger partial charge in [0.2, 0.25) is 0 Å². The zero-order valence-electron chi connectivity index (χ0n) is 17.9. The second-order valence-corrected chi connectivity index (χ2v) is 12.5. The number of rotatable bonds is 4. The molecule has 1 amide bonds. The number of benzene rings is 2. The van der Waals surface area contributed by atoms with Gasteiger partial charge in [-0.15, -0.1) is 0 Å². The Morgan fingerprint density at radius 3 is 2.34 bits per heavy atom. The summed E-state index contributed by atoms with van der Waals surface area (Å²) in [6.45, 7) is 0.377. The molecule has 4 bridgehead atoms. The van der Waals surface area contributed by atoms with Crippen LogP contribution in [-0.4, -0.2) is 26.4 Å². The summed E-state index contributed by atoms with van der Waals surface area (Å²) in [6.07, 6.45) is 7.72. The van der Waals surface area contributed by atoms with Crippen molar-refractivity contribution >= 4 is 33.2 Å². The number of anilines is 1. The van der Waals surface area contributed by atoms with Gasteiger partial charge in [-0.2, -0.15) is 0 Å². The van der Waals surface area contributed by atoms with Crippen LogP contribution < -0.4 is 9.62 Å². The van der Waals surface area contributed by atoms with Crippen molar-refractivity contribution in [2.24, 2.45) is 17.8 Å². The van der Waals surface area contributed by atoms with Crippen LogP contribution in [0.1, 0.15) is 54.4 Å². The van der Waals surface area contributed by atoms with Crippen LogP contribution in [0.15, 0.2) is 47.4 Å². The molecule has 7 rings (SSSR count). The topological polar surface area (TPSA) is 66.5 Å². The molecule has 0 aromatic heterocycles. The van der Waals surface area contributed by atoms with Crippen LogP contribution in [0, 0.1) is 17.8 Å². The third-order valence-corrected chi connectivity index (χ3v) is 10.3. The highest BCUT2D eigenvalue weighted by atomic mass is 35.5. The molecule has 4 fully saturated rings. The largest absolute Gasteiger partial charge is 0.347 e. The number of para-hydroxylation sites is 1. The molecule has 4 saturated carbocycles. The maximum Gasteiger partial charge on any atom is 0.265 e. The fourth-order valence-electron chi connectivity index (χ4n) is 7.10. The zero-order chi connectivity index (χ0) is 22.1. The van der Waals surface area contributed by atoms with Gasteiger partial charge in [-0.1, -0.05) is 29.8 Å². The number of hydrogen-bond donors (Lipinski definition) is 1. The third kappa shape index (κ3) is 3.26. The van der Waals surface area contributed by atoms with E-state index in [0.29, 0.717) is 24.2 Å². The highest BCUT2D eigenvalue weighted by molar-refractivity contribution is 7.93. The minimum Gasteiger partial charge on any atom is -0.347 e. The number of halogens is 1. The van der Waals surface area contributed by atoms with Gasteiger partial charge in [-0.3, -0.25) is 9.10 Å². The lowest BCUT2D eigenvalue weighted by molar-refractivity contribution is -0.0167. The first kappa shape index (κ1) is 20.5. The minimum atomic E-state index is -3.87. The van der Waals surface area contributed by atoms with Gasteiger partial charge >= 0.3 is 0 Å². The van der Waals surface area contributed by atoms with Crippen LogP contribution in [0.4, 0.5) is 5.69 Å². The number of nitrogens with one attached hydrogen (secondary N) is 1. The lowest BCUT2D eigenvalue weighted by Crippen LogP contribution is -2.59. The molecule has 0 saturated heterocycles. The van der Waals surface area contributed by atoms with E-state index < -0.39 is 10.0 Å². The molecule has 4 aliphatic carbocycles. The van der Waals surface area contributed by atoms with Gasteiger partial charge in [0.1, 0.15) is 4.90 Å². The molecule has 168 valence electrons. The van der Waals surface area contributed by atoms with Crippen molar-refractivity contribution in [2.45, 2.75) is 55.4 Å². The molecule has 32 heavy (non-hydrogen) atoms. The number of fused-ring (bicyclic) bond motifs is 1. The fraction of sp³-hybridized carbons (Fsp3) is 0.480. The van der Waals surface area contributed by atoms with Crippen molar-refractivity contribution in [1.82, 2.24) is 5.32 Å². The van der Waals surface area contributed by atoms with Gasteiger partial charge in [0, 0.05) is 17.6 Å². The zero-order valence-corrected chi connectivity index (χ0v) is 19.5. The van der Waals surface area contributed by atoms with E-state index in [1.165, 1.54) is 35.7 Å². The van der Waals surface area contributed by atoms with Crippen molar-refractivity contribution in [3.05, 3.63) is 58.6 Å². The Kier molecular flexibility index (Phi) is 4.64. The van der Waals surface area contributed by atoms with Gasteiger partial charge in [-0.05, 0) is 92.5 Å². The maximum absolute atomic E-state index is 13.5.